The molecular weight excluding hydrogens is 318 g/mol. The van der Waals surface area contributed by atoms with Crippen LogP contribution in [0.2, 0.25) is 0 Å². The number of ether oxygens (including phenoxy) is 2. The summed E-state index contributed by atoms with van der Waals surface area (Å²) in [6, 6.07) is 7.65. The third-order valence-corrected chi connectivity index (χ3v) is 4.29. The Morgan fingerprint density at radius 2 is 2.00 bits per heavy atom. The van der Waals surface area contributed by atoms with E-state index in [-0.39, 0.29) is 5.69 Å². The summed E-state index contributed by atoms with van der Waals surface area (Å²) in [5.41, 5.74) is 3.04. The Morgan fingerprint density at radius 1 is 1.24 bits per heavy atom. The minimum atomic E-state index is -0.119. The Kier molecular flexibility index (Phi) is 4.05. The lowest BCUT2D eigenvalue weighted by Crippen LogP contribution is -2.20. The Balaban J connectivity index is 1.81. The van der Waals surface area contributed by atoms with Gasteiger partial charge in [0.2, 0.25) is 0 Å². The molecule has 6 nitrogen and oxygen atoms in total. The molecule has 0 radical (unpaired) electrons. The lowest BCUT2D eigenvalue weighted by Gasteiger charge is -2.09. The highest BCUT2D eigenvalue weighted by atomic mass is 16.5. The van der Waals surface area contributed by atoms with Crippen LogP contribution in [0.3, 0.4) is 0 Å². The summed E-state index contributed by atoms with van der Waals surface area (Å²) in [7, 11) is 0. The van der Waals surface area contributed by atoms with Crippen LogP contribution < -0.4 is 10.4 Å². The Hall–Kier alpha value is -2.60. The van der Waals surface area contributed by atoms with Crippen molar-refractivity contribution in [1.82, 2.24) is 14.0 Å². The summed E-state index contributed by atoms with van der Waals surface area (Å²) in [6.07, 6.45) is 6.09. The molecule has 4 rings (SSSR count). The van der Waals surface area contributed by atoms with E-state index >= 15 is 0 Å². The number of imidazole rings is 1. The third-order valence-electron chi connectivity index (χ3n) is 4.29. The van der Waals surface area contributed by atoms with E-state index < -0.39 is 0 Å². The number of aryl methyl sites for hydroxylation is 1. The van der Waals surface area contributed by atoms with Crippen LogP contribution in [-0.4, -0.2) is 26.7 Å². The molecule has 6 heteroatoms. The molecule has 2 heterocycles. The van der Waals surface area contributed by atoms with Crippen LogP contribution >= 0.6 is 0 Å². The molecule has 0 bridgehead atoms. The van der Waals surface area contributed by atoms with E-state index in [4.69, 9.17) is 9.47 Å². The van der Waals surface area contributed by atoms with Gasteiger partial charge < -0.3 is 9.47 Å². The van der Waals surface area contributed by atoms with Crippen molar-refractivity contribution in [2.45, 2.75) is 39.4 Å². The first-order chi connectivity index (χ1) is 12.2. The number of hydrogen-bond acceptors (Lipinski definition) is 4. The zero-order chi connectivity index (χ0) is 17.4. The van der Waals surface area contributed by atoms with Crippen LogP contribution in [0.25, 0.3) is 11.2 Å². The van der Waals surface area contributed by atoms with Crippen molar-refractivity contribution < 1.29 is 9.47 Å². The predicted molar refractivity (Wildman–Crippen MR) is 94.5 cm³/mol. The van der Waals surface area contributed by atoms with Crippen molar-refractivity contribution in [2.24, 2.45) is 0 Å². The maximum absolute atomic E-state index is 12.9. The number of nitrogens with zero attached hydrogens (tertiary/aromatic N) is 3. The molecule has 0 spiro atoms. The summed E-state index contributed by atoms with van der Waals surface area (Å²) in [4.78, 5) is 17.3. The molecule has 25 heavy (non-hydrogen) atoms. The number of hydrogen-bond donors (Lipinski definition) is 0. The summed E-state index contributed by atoms with van der Waals surface area (Å²) < 4.78 is 14.7. The van der Waals surface area contributed by atoms with Gasteiger partial charge in [-0.2, -0.15) is 0 Å². The molecule has 1 saturated carbocycles. The zero-order valence-electron chi connectivity index (χ0n) is 14.4. The molecule has 0 aliphatic heterocycles. The largest absolute Gasteiger partial charge is 0.490 e. The van der Waals surface area contributed by atoms with E-state index in [1.54, 1.807) is 21.4 Å². The molecule has 2 aromatic heterocycles. The SMILES string of the molecule is CCOCc1c2cnc(C)cn2c(=O)n1-c1ccc(OC2CC2)cc1. The molecule has 130 valence electrons. The lowest BCUT2D eigenvalue weighted by atomic mass is 10.3. The second kappa shape index (κ2) is 6.37. The van der Waals surface area contributed by atoms with Gasteiger partial charge in [0, 0.05) is 12.8 Å². The van der Waals surface area contributed by atoms with Gasteiger partial charge in [0.05, 0.1) is 41.5 Å². The molecule has 1 aliphatic carbocycles. The van der Waals surface area contributed by atoms with Crippen LogP contribution in [-0.2, 0) is 11.3 Å². The Bertz CT molecular complexity index is 952. The molecule has 0 saturated heterocycles. The van der Waals surface area contributed by atoms with Gasteiger partial charge in [-0.05, 0) is 51.0 Å². The highest BCUT2D eigenvalue weighted by Gasteiger charge is 2.23. The van der Waals surface area contributed by atoms with Crippen LogP contribution in [0.5, 0.6) is 5.75 Å². The van der Waals surface area contributed by atoms with E-state index in [0.717, 1.165) is 41.2 Å². The number of aromatic nitrogens is 3. The average molecular weight is 339 g/mol. The summed E-state index contributed by atoms with van der Waals surface area (Å²) in [6.45, 7) is 4.74. The maximum atomic E-state index is 12.9. The van der Waals surface area contributed by atoms with Crippen LogP contribution in [0.1, 0.15) is 31.2 Å². The second-order valence-electron chi connectivity index (χ2n) is 6.30. The van der Waals surface area contributed by atoms with E-state index in [2.05, 4.69) is 4.98 Å². The molecule has 1 aliphatic rings. The van der Waals surface area contributed by atoms with Crippen LogP contribution in [0.4, 0.5) is 0 Å². The minimum absolute atomic E-state index is 0.119. The predicted octanol–water partition coefficient (Wildman–Crippen LogP) is 2.87. The quantitative estimate of drug-likeness (QED) is 0.693. The van der Waals surface area contributed by atoms with Crippen molar-refractivity contribution in [3.8, 4) is 11.4 Å². The van der Waals surface area contributed by atoms with Gasteiger partial charge in [0.15, 0.2) is 0 Å². The standard InChI is InChI=1S/C19H21N3O3/c1-3-24-12-18-17-10-20-13(2)11-21(17)19(23)22(18)14-4-6-15(7-5-14)25-16-8-9-16/h4-7,10-11,16H,3,8-9,12H2,1-2H3. The van der Waals surface area contributed by atoms with Crippen molar-refractivity contribution in [3.05, 3.63) is 58.5 Å². The number of fused-ring (bicyclic) bond motifs is 1. The topological polar surface area (TPSA) is 57.8 Å². The molecule has 1 fully saturated rings. The maximum Gasteiger partial charge on any atom is 0.337 e. The highest BCUT2D eigenvalue weighted by molar-refractivity contribution is 5.54. The van der Waals surface area contributed by atoms with E-state index in [1.807, 2.05) is 38.1 Å². The first-order valence-electron chi connectivity index (χ1n) is 8.61. The molecular formula is C19H21N3O3. The van der Waals surface area contributed by atoms with Crippen LogP contribution in [0.15, 0.2) is 41.5 Å². The zero-order valence-corrected chi connectivity index (χ0v) is 14.4. The molecule has 0 atom stereocenters. The fourth-order valence-electron chi connectivity index (χ4n) is 2.88. The molecule has 3 aromatic rings. The van der Waals surface area contributed by atoms with Crippen molar-refractivity contribution in [3.63, 3.8) is 0 Å². The van der Waals surface area contributed by atoms with Crippen molar-refractivity contribution >= 4 is 5.52 Å². The van der Waals surface area contributed by atoms with Gasteiger partial charge in [-0.1, -0.05) is 0 Å². The molecule has 0 unspecified atom stereocenters. The second-order valence-corrected chi connectivity index (χ2v) is 6.30. The van der Waals surface area contributed by atoms with E-state index in [0.29, 0.717) is 19.3 Å². The summed E-state index contributed by atoms with van der Waals surface area (Å²) in [5.74, 6) is 0.840. The minimum Gasteiger partial charge on any atom is -0.490 e. The average Bonchev–Trinajstić information content (AvgIpc) is 3.39. The fraction of sp³-hybridized carbons (Fsp3) is 0.368. The van der Waals surface area contributed by atoms with Gasteiger partial charge >= 0.3 is 5.69 Å². The normalized spacial score (nSPS) is 14.2. The summed E-state index contributed by atoms with van der Waals surface area (Å²) >= 11 is 0. The van der Waals surface area contributed by atoms with E-state index in [1.165, 1.54) is 0 Å². The lowest BCUT2D eigenvalue weighted by molar-refractivity contribution is 0.131. The van der Waals surface area contributed by atoms with Crippen LogP contribution in [0, 0.1) is 6.92 Å². The fourth-order valence-corrected chi connectivity index (χ4v) is 2.88. The Morgan fingerprint density at radius 3 is 2.68 bits per heavy atom. The Labute approximate surface area is 145 Å². The first kappa shape index (κ1) is 15.9. The number of benzene rings is 1. The molecule has 0 amide bonds. The molecule has 0 N–H and O–H groups in total. The van der Waals surface area contributed by atoms with Crippen molar-refractivity contribution in [2.75, 3.05) is 6.61 Å². The third kappa shape index (κ3) is 3.05. The molecule has 1 aromatic carbocycles. The first-order valence-corrected chi connectivity index (χ1v) is 8.61. The van der Waals surface area contributed by atoms with Gasteiger partial charge in [-0.25, -0.2) is 4.79 Å². The summed E-state index contributed by atoms with van der Waals surface area (Å²) in [5, 5.41) is 0. The van der Waals surface area contributed by atoms with Gasteiger partial charge in [-0.15, -0.1) is 0 Å². The van der Waals surface area contributed by atoms with E-state index in [9.17, 15) is 4.79 Å². The van der Waals surface area contributed by atoms with Crippen molar-refractivity contribution in [1.29, 1.82) is 0 Å². The van der Waals surface area contributed by atoms with Gasteiger partial charge in [-0.3, -0.25) is 14.0 Å². The monoisotopic (exact) mass is 339 g/mol. The van der Waals surface area contributed by atoms with Gasteiger partial charge in [0.25, 0.3) is 0 Å². The smallest absolute Gasteiger partial charge is 0.337 e. The highest BCUT2D eigenvalue weighted by Crippen LogP contribution is 2.27. The number of rotatable bonds is 6. The van der Waals surface area contributed by atoms with Gasteiger partial charge in [0.1, 0.15) is 5.75 Å².